The fourth-order valence-corrected chi connectivity index (χ4v) is 2.98. The van der Waals surface area contributed by atoms with Crippen LogP contribution in [-0.2, 0) is 0 Å². The number of carbonyl (C=O) groups is 1. The minimum Gasteiger partial charge on any atom is -0.467 e. The summed E-state index contributed by atoms with van der Waals surface area (Å²) < 4.78 is 5.08. The summed E-state index contributed by atoms with van der Waals surface area (Å²) in [6, 6.07) is 10.6. The highest BCUT2D eigenvalue weighted by atomic mass is 35.5. The molecule has 3 aromatic rings. The first kappa shape index (κ1) is 15.7. The molecule has 23 heavy (non-hydrogen) atoms. The standard InChI is InChI=1S/C16H13ClN2O3S/c17-11-4-1-3-10(7-11)16-19-12(9-23-16)15(21)18-8-13(20)14-5-2-6-22-14/h1-7,9,13,20H,8H2,(H,18,21). The maximum absolute atomic E-state index is 12.1. The van der Waals surface area contributed by atoms with E-state index < -0.39 is 6.10 Å². The number of rotatable bonds is 5. The van der Waals surface area contributed by atoms with Crippen molar-refractivity contribution in [3.63, 3.8) is 0 Å². The molecule has 0 bridgehead atoms. The molecule has 0 radical (unpaired) electrons. The highest BCUT2D eigenvalue weighted by Crippen LogP contribution is 2.26. The van der Waals surface area contributed by atoms with Crippen LogP contribution in [0.2, 0.25) is 5.02 Å². The summed E-state index contributed by atoms with van der Waals surface area (Å²) in [6.07, 6.45) is 0.581. The maximum atomic E-state index is 12.1. The molecule has 0 saturated carbocycles. The van der Waals surface area contributed by atoms with E-state index in [0.717, 1.165) is 5.56 Å². The van der Waals surface area contributed by atoms with Crippen LogP contribution >= 0.6 is 22.9 Å². The molecule has 7 heteroatoms. The molecule has 118 valence electrons. The van der Waals surface area contributed by atoms with Crippen molar-refractivity contribution in [1.82, 2.24) is 10.3 Å². The van der Waals surface area contributed by atoms with Gasteiger partial charge in [0.15, 0.2) is 0 Å². The summed E-state index contributed by atoms with van der Waals surface area (Å²) in [6.45, 7) is 0.0520. The second-order valence-corrected chi connectivity index (χ2v) is 6.08. The fourth-order valence-electron chi connectivity index (χ4n) is 1.99. The first-order valence-corrected chi connectivity index (χ1v) is 8.10. The van der Waals surface area contributed by atoms with E-state index >= 15 is 0 Å². The number of benzene rings is 1. The Balaban J connectivity index is 1.64. The molecule has 1 unspecified atom stereocenters. The van der Waals surface area contributed by atoms with Crippen LogP contribution in [0.1, 0.15) is 22.4 Å². The van der Waals surface area contributed by atoms with Crippen molar-refractivity contribution >= 4 is 28.8 Å². The minimum atomic E-state index is -0.889. The van der Waals surface area contributed by atoms with Gasteiger partial charge in [0.25, 0.3) is 5.91 Å². The van der Waals surface area contributed by atoms with Gasteiger partial charge in [-0.25, -0.2) is 4.98 Å². The van der Waals surface area contributed by atoms with Gasteiger partial charge in [0, 0.05) is 16.0 Å². The van der Waals surface area contributed by atoms with Crippen molar-refractivity contribution in [1.29, 1.82) is 0 Å². The molecule has 2 heterocycles. The lowest BCUT2D eigenvalue weighted by Crippen LogP contribution is -2.28. The molecule has 1 atom stereocenters. The highest BCUT2D eigenvalue weighted by molar-refractivity contribution is 7.13. The molecule has 0 aliphatic rings. The SMILES string of the molecule is O=C(NCC(O)c1ccco1)c1csc(-c2cccc(Cl)c2)n1. The Morgan fingerprint density at radius 3 is 3.00 bits per heavy atom. The summed E-state index contributed by atoms with van der Waals surface area (Å²) in [5.41, 5.74) is 1.16. The van der Waals surface area contributed by atoms with Gasteiger partial charge in [-0.3, -0.25) is 4.79 Å². The van der Waals surface area contributed by atoms with Crippen LogP contribution < -0.4 is 5.32 Å². The first-order chi connectivity index (χ1) is 11.1. The minimum absolute atomic E-state index is 0.0520. The molecule has 1 amide bonds. The largest absolute Gasteiger partial charge is 0.467 e. The van der Waals surface area contributed by atoms with Crippen LogP contribution in [0.15, 0.2) is 52.5 Å². The molecular formula is C16H13ClN2O3S. The van der Waals surface area contributed by atoms with E-state index in [2.05, 4.69) is 10.3 Å². The number of aromatic nitrogens is 1. The van der Waals surface area contributed by atoms with Gasteiger partial charge in [-0.15, -0.1) is 11.3 Å². The van der Waals surface area contributed by atoms with Gasteiger partial charge in [0.1, 0.15) is 22.6 Å². The molecule has 2 aromatic heterocycles. The van der Waals surface area contributed by atoms with Crippen LogP contribution in [0, 0.1) is 0 Å². The van der Waals surface area contributed by atoms with Gasteiger partial charge in [0.05, 0.1) is 12.8 Å². The predicted molar refractivity (Wildman–Crippen MR) is 88.6 cm³/mol. The van der Waals surface area contributed by atoms with Gasteiger partial charge >= 0.3 is 0 Å². The quantitative estimate of drug-likeness (QED) is 0.739. The third-order valence-corrected chi connectivity index (χ3v) is 4.26. The highest BCUT2D eigenvalue weighted by Gasteiger charge is 2.15. The molecule has 0 aliphatic heterocycles. The van der Waals surface area contributed by atoms with Gasteiger partial charge in [-0.2, -0.15) is 0 Å². The Kier molecular flexibility index (Phi) is 4.76. The molecular weight excluding hydrogens is 336 g/mol. The van der Waals surface area contributed by atoms with E-state index in [0.29, 0.717) is 21.5 Å². The Morgan fingerprint density at radius 2 is 2.26 bits per heavy atom. The number of halogens is 1. The Morgan fingerprint density at radius 1 is 1.39 bits per heavy atom. The Labute approximate surface area is 141 Å². The summed E-state index contributed by atoms with van der Waals surface area (Å²) >= 11 is 7.32. The number of carbonyl (C=O) groups excluding carboxylic acids is 1. The van der Waals surface area contributed by atoms with E-state index in [9.17, 15) is 9.90 Å². The summed E-state index contributed by atoms with van der Waals surface area (Å²) in [4.78, 5) is 16.4. The van der Waals surface area contributed by atoms with Crippen molar-refractivity contribution < 1.29 is 14.3 Å². The van der Waals surface area contributed by atoms with Crippen molar-refractivity contribution in [2.75, 3.05) is 6.54 Å². The molecule has 0 saturated heterocycles. The number of hydrogen-bond donors (Lipinski definition) is 2. The van der Waals surface area contributed by atoms with Crippen LogP contribution in [0.25, 0.3) is 10.6 Å². The molecule has 0 spiro atoms. The monoisotopic (exact) mass is 348 g/mol. The lowest BCUT2D eigenvalue weighted by molar-refractivity contribution is 0.0897. The third-order valence-electron chi connectivity index (χ3n) is 3.14. The second-order valence-electron chi connectivity index (χ2n) is 4.79. The van der Waals surface area contributed by atoms with Crippen molar-refractivity contribution in [3.05, 3.63) is 64.5 Å². The van der Waals surface area contributed by atoms with E-state index in [1.807, 2.05) is 12.1 Å². The molecule has 0 fully saturated rings. The second kappa shape index (κ2) is 6.95. The van der Waals surface area contributed by atoms with E-state index in [1.165, 1.54) is 17.6 Å². The van der Waals surface area contributed by atoms with E-state index in [-0.39, 0.29) is 12.5 Å². The van der Waals surface area contributed by atoms with Crippen LogP contribution in [0.4, 0.5) is 0 Å². The molecule has 2 N–H and O–H groups in total. The summed E-state index contributed by atoms with van der Waals surface area (Å²) in [5, 5.41) is 15.5. The number of nitrogens with zero attached hydrogens (tertiary/aromatic N) is 1. The van der Waals surface area contributed by atoms with Crippen molar-refractivity contribution in [2.45, 2.75) is 6.10 Å². The van der Waals surface area contributed by atoms with Gasteiger partial charge in [-0.1, -0.05) is 23.7 Å². The summed E-state index contributed by atoms with van der Waals surface area (Å²) in [7, 11) is 0. The molecule has 3 rings (SSSR count). The number of furan rings is 1. The number of thiazole rings is 1. The molecule has 5 nitrogen and oxygen atoms in total. The van der Waals surface area contributed by atoms with E-state index in [4.69, 9.17) is 16.0 Å². The smallest absolute Gasteiger partial charge is 0.270 e. The van der Waals surface area contributed by atoms with Crippen LogP contribution in [-0.4, -0.2) is 22.5 Å². The zero-order chi connectivity index (χ0) is 16.2. The predicted octanol–water partition coefficient (Wildman–Crippen LogP) is 3.52. The van der Waals surface area contributed by atoms with Gasteiger partial charge in [0.2, 0.25) is 0 Å². The Hall–Kier alpha value is -2.15. The number of aliphatic hydroxyl groups is 1. The number of amides is 1. The average molecular weight is 349 g/mol. The number of nitrogens with one attached hydrogen (secondary N) is 1. The van der Waals surface area contributed by atoms with Gasteiger partial charge < -0.3 is 14.8 Å². The lowest BCUT2D eigenvalue weighted by atomic mass is 10.2. The summed E-state index contributed by atoms with van der Waals surface area (Å²) in [5.74, 6) is 0.0586. The topological polar surface area (TPSA) is 75.4 Å². The van der Waals surface area contributed by atoms with Crippen molar-refractivity contribution in [3.8, 4) is 10.6 Å². The molecule has 1 aromatic carbocycles. The zero-order valence-corrected chi connectivity index (χ0v) is 13.5. The molecule has 0 aliphatic carbocycles. The number of hydrogen-bond acceptors (Lipinski definition) is 5. The fraction of sp³-hybridized carbons (Fsp3) is 0.125. The average Bonchev–Trinajstić information content (AvgIpc) is 3.23. The lowest BCUT2D eigenvalue weighted by Gasteiger charge is -2.08. The first-order valence-electron chi connectivity index (χ1n) is 6.84. The third kappa shape index (κ3) is 3.79. The van der Waals surface area contributed by atoms with Crippen LogP contribution in [0.3, 0.4) is 0 Å². The van der Waals surface area contributed by atoms with Crippen LogP contribution in [0.5, 0.6) is 0 Å². The van der Waals surface area contributed by atoms with E-state index in [1.54, 1.807) is 29.6 Å². The normalized spacial score (nSPS) is 12.1. The zero-order valence-electron chi connectivity index (χ0n) is 11.9. The Bertz CT molecular complexity index is 801. The van der Waals surface area contributed by atoms with Crippen molar-refractivity contribution in [2.24, 2.45) is 0 Å². The number of aliphatic hydroxyl groups excluding tert-OH is 1. The maximum Gasteiger partial charge on any atom is 0.270 e. The van der Waals surface area contributed by atoms with Gasteiger partial charge in [-0.05, 0) is 24.3 Å².